The summed E-state index contributed by atoms with van der Waals surface area (Å²) < 4.78 is 5.08. The predicted molar refractivity (Wildman–Crippen MR) is 61.5 cm³/mol. The maximum Gasteiger partial charge on any atom is 0.332 e. The van der Waals surface area contributed by atoms with Crippen molar-refractivity contribution in [3.8, 4) is 0 Å². The van der Waals surface area contributed by atoms with Gasteiger partial charge in [-0.05, 0) is 26.7 Å². The molecule has 0 spiro atoms. The van der Waals surface area contributed by atoms with Gasteiger partial charge in [0.2, 0.25) is 11.8 Å². The number of hydrogen-bond acceptors (Lipinski definition) is 4. The van der Waals surface area contributed by atoms with Gasteiger partial charge < -0.3 is 20.9 Å². The Labute approximate surface area is 105 Å². The molecule has 2 amide bonds. The highest BCUT2D eigenvalue weighted by molar-refractivity contribution is 5.84. The molecule has 1 heterocycles. The van der Waals surface area contributed by atoms with E-state index in [1.807, 2.05) is 0 Å². The average Bonchev–Trinajstić information content (AvgIpc) is 2.75. The van der Waals surface area contributed by atoms with Crippen LogP contribution in [0.4, 0.5) is 0 Å². The third-order valence-corrected chi connectivity index (χ3v) is 2.96. The predicted octanol–water partition coefficient (Wildman–Crippen LogP) is -0.754. The molecule has 0 aliphatic carbocycles. The van der Waals surface area contributed by atoms with Gasteiger partial charge in [0.15, 0.2) is 6.10 Å². The van der Waals surface area contributed by atoms with E-state index in [-0.39, 0.29) is 6.54 Å². The number of amides is 2. The zero-order chi connectivity index (χ0) is 13.9. The van der Waals surface area contributed by atoms with Crippen LogP contribution in [0.1, 0.15) is 26.7 Å². The highest BCUT2D eigenvalue weighted by atomic mass is 16.5. The van der Waals surface area contributed by atoms with E-state index in [9.17, 15) is 14.4 Å². The third-order valence-electron chi connectivity index (χ3n) is 2.96. The number of carboxylic acid groups (broad SMARTS) is 1. The highest BCUT2D eigenvalue weighted by Gasteiger charge is 2.35. The van der Waals surface area contributed by atoms with Crippen LogP contribution < -0.4 is 11.1 Å². The SMILES string of the molecule is CC(C)(CNC(=O)C1CCC(C(=O)O)O1)C(N)=O. The van der Waals surface area contributed by atoms with E-state index < -0.39 is 35.4 Å². The van der Waals surface area contributed by atoms with Crippen LogP contribution in [0.2, 0.25) is 0 Å². The quantitative estimate of drug-likeness (QED) is 0.599. The number of nitrogens with one attached hydrogen (secondary N) is 1. The number of nitrogens with two attached hydrogens (primary N) is 1. The van der Waals surface area contributed by atoms with Crippen molar-refractivity contribution in [2.75, 3.05) is 6.54 Å². The normalized spacial score (nSPS) is 23.7. The Morgan fingerprint density at radius 2 is 1.89 bits per heavy atom. The summed E-state index contributed by atoms with van der Waals surface area (Å²) in [6, 6.07) is 0. The molecule has 1 aliphatic rings. The highest BCUT2D eigenvalue weighted by Crippen LogP contribution is 2.20. The number of hydrogen-bond donors (Lipinski definition) is 3. The molecule has 0 aromatic carbocycles. The zero-order valence-corrected chi connectivity index (χ0v) is 10.4. The smallest absolute Gasteiger partial charge is 0.332 e. The first kappa shape index (κ1) is 14.4. The first-order valence-electron chi connectivity index (χ1n) is 5.70. The second kappa shape index (κ2) is 5.34. The Hall–Kier alpha value is -1.63. The largest absolute Gasteiger partial charge is 0.479 e. The summed E-state index contributed by atoms with van der Waals surface area (Å²) >= 11 is 0. The fourth-order valence-electron chi connectivity index (χ4n) is 1.52. The molecule has 1 rings (SSSR count). The van der Waals surface area contributed by atoms with Gasteiger partial charge in [-0.15, -0.1) is 0 Å². The van der Waals surface area contributed by atoms with E-state index in [1.165, 1.54) is 0 Å². The minimum absolute atomic E-state index is 0.0960. The summed E-state index contributed by atoms with van der Waals surface area (Å²) in [5.41, 5.74) is 4.33. The lowest BCUT2D eigenvalue weighted by Crippen LogP contribution is -2.45. The van der Waals surface area contributed by atoms with Crippen LogP contribution in [0.15, 0.2) is 0 Å². The number of carboxylic acids is 1. The van der Waals surface area contributed by atoms with Crippen LogP contribution in [0.25, 0.3) is 0 Å². The topological polar surface area (TPSA) is 119 Å². The Morgan fingerprint density at radius 3 is 2.33 bits per heavy atom. The Kier molecular flexibility index (Phi) is 4.28. The van der Waals surface area contributed by atoms with Crippen molar-refractivity contribution in [1.82, 2.24) is 5.32 Å². The van der Waals surface area contributed by atoms with Crippen LogP contribution in [-0.2, 0) is 19.1 Å². The molecule has 2 unspecified atom stereocenters. The molecule has 0 aromatic heterocycles. The lowest BCUT2D eigenvalue weighted by atomic mass is 9.92. The van der Waals surface area contributed by atoms with Gasteiger partial charge in [-0.25, -0.2) is 4.79 Å². The van der Waals surface area contributed by atoms with E-state index in [0.717, 1.165) is 0 Å². The van der Waals surface area contributed by atoms with Crippen molar-refractivity contribution in [2.24, 2.45) is 11.1 Å². The van der Waals surface area contributed by atoms with Crippen molar-refractivity contribution in [1.29, 1.82) is 0 Å². The molecular weight excluding hydrogens is 240 g/mol. The van der Waals surface area contributed by atoms with Crippen molar-refractivity contribution in [3.05, 3.63) is 0 Å². The van der Waals surface area contributed by atoms with Crippen LogP contribution in [0.5, 0.6) is 0 Å². The Morgan fingerprint density at radius 1 is 1.33 bits per heavy atom. The maximum absolute atomic E-state index is 11.7. The minimum Gasteiger partial charge on any atom is -0.479 e. The summed E-state index contributed by atoms with van der Waals surface area (Å²) in [4.78, 5) is 33.4. The van der Waals surface area contributed by atoms with Crippen LogP contribution in [0, 0.1) is 5.41 Å². The second-order valence-electron chi connectivity index (χ2n) is 4.99. The van der Waals surface area contributed by atoms with Gasteiger partial charge >= 0.3 is 5.97 Å². The molecular formula is C11H18N2O5. The second-order valence-corrected chi connectivity index (χ2v) is 4.99. The molecule has 7 nitrogen and oxygen atoms in total. The summed E-state index contributed by atoms with van der Waals surface area (Å²) in [6.45, 7) is 3.33. The van der Waals surface area contributed by atoms with E-state index in [4.69, 9.17) is 15.6 Å². The third kappa shape index (κ3) is 3.43. The molecule has 2 atom stereocenters. The van der Waals surface area contributed by atoms with Gasteiger partial charge in [0, 0.05) is 6.54 Å². The minimum atomic E-state index is -1.07. The van der Waals surface area contributed by atoms with Crippen molar-refractivity contribution >= 4 is 17.8 Å². The molecule has 0 bridgehead atoms. The fourth-order valence-corrected chi connectivity index (χ4v) is 1.52. The van der Waals surface area contributed by atoms with Gasteiger partial charge in [0.25, 0.3) is 0 Å². The van der Waals surface area contributed by atoms with Crippen LogP contribution in [-0.4, -0.2) is 41.6 Å². The molecule has 1 aliphatic heterocycles. The van der Waals surface area contributed by atoms with Crippen molar-refractivity contribution in [3.63, 3.8) is 0 Å². The molecule has 0 aromatic rings. The Bertz CT molecular complexity index is 366. The van der Waals surface area contributed by atoms with Gasteiger partial charge in [-0.1, -0.05) is 0 Å². The molecule has 18 heavy (non-hydrogen) atoms. The van der Waals surface area contributed by atoms with Gasteiger partial charge in [0.05, 0.1) is 5.41 Å². The van der Waals surface area contributed by atoms with Crippen molar-refractivity contribution < 1.29 is 24.2 Å². The van der Waals surface area contributed by atoms with Gasteiger partial charge in [0.1, 0.15) is 6.10 Å². The van der Waals surface area contributed by atoms with Crippen molar-refractivity contribution in [2.45, 2.75) is 38.9 Å². The Balaban J connectivity index is 2.44. The molecule has 102 valence electrons. The molecule has 0 saturated carbocycles. The van der Waals surface area contributed by atoms with Gasteiger partial charge in [-0.2, -0.15) is 0 Å². The molecule has 0 radical (unpaired) electrons. The number of rotatable bonds is 5. The average molecular weight is 258 g/mol. The lowest BCUT2D eigenvalue weighted by Gasteiger charge is -2.21. The molecule has 1 fully saturated rings. The number of aliphatic carboxylic acids is 1. The van der Waals surface area contributed by atoms with Crippen LogP contribution in [0.3, 0.4) is 0 Å². The molecule has 1 saturated heterocycles. The summed E-state index contributed by atoms with van der Waals surface area (Å²) in [5, 5.41) is 11.3. The first-order chi connectivity index (χ1) is 8.24. The standard InChI is InChI=1S/C11H18N2O5/c1-11(2,10(12)17)5-13-8(14)6-3-4-7(18-6)9(15)16/h6-7H,3-5H2,1-2H3,(H2,12,17)(H,13,14)(H,15,16). The van der Waals surface area contributed by atoms with Crippen LogP contribution >= 0.6 is 0 Å². The maximum atomic E-state index is 11.7. The summed E-state index contributed by atoms with van der Waals surface area (Å²) in [5.74, 6) is -1.99. The number of ether oxygens (including phenoxy) is 1. The monoisotopic (exact) mass is 258 g/mol. The summed E-state index contributed by atoms with van der Waals surface area (Å²) in [6.07, 6.45) is -1.02. The number of primary amides is 1. The lowest BCUT2D eigenvalue weighted by molar-refractivity contribution is -0.151. The van der Waals surface area contributed by atoms with E-state index in [2.05, 4.69) is 5.32 Å². The van der Waals surface area contributed by atoms with E-state index >= 15 is 0 Å². The van der Waals surface area contributed by atoms with E-state index in [1.54, 1.807) is 13.8 Å². The zero-order valence-electron chi connectivity index (χ0n) is 10.4. The summed E-state index contributed by atoms with van der Waals surface area (Å²) in [7, 11) is 0. The molecule has 7 heteroatoms. The number of carbonyl (C=O) groups is 3. The first-order valence-corrected chi connectivity index (χ1v) is 5.70. The number of carbonyl (C=O) groups excluding carboxylic acids is 2. The molecule has 4 N–H and O–H groups in total. The fraction of sp³-hybridized carbons (Fsp3) is 0.727. The van der Waals surface area contributed by atoms with E-state index in [0.29, 0.717) is 12.8 Å². The van der Waals surface area contributed by atoms with Gasteiger partial charge in [-0.3, -0.25) is 9.59 Å².